The van der Waals surface area contributed by atoms with E-state index in [-0.39, 0.29) is 0 Å². The van der Waals surface area contributed by atoms with Crippen LogP contribution >= 0.6 is 11.8 Å². The molecule has 0 unspecified atom stereocenters. The van der Waals surface area contributed by atoms with Crippen molar-refractivity contribution in [1.29, 1.82) is 0 Å². The van der Waals surface area contributed by atoms with Crippen LogP contribution in [-0.4, -0.2) is 13.2 Å². The fourth-order valence-electron chi connectivity index (χ4n) is 2.17. The molecule has 3 rings (SSSR count). The van der Waals surface area contributed by atoms with E-state index in [1.165, 1.54) is 21.2 Å². The van der Waals surface area contributed by atoms with Gasteiger partial charge in [-0.2, -0.15) is 0 Å². The van der Waals surface area contributed by atoms with Crippen molar-refractivity contribution in [2.24, 2.45) is 5.90 Å². The molecule has 0 radical (unpaired) electrons. The number of hydrogen-bond acceptors (Lipinski definition) is 4. The molecule has 1 aliphatic heterocycles. The molecule has 2 aromatic rings. The molecular weight excluding hydrogens is 244 g/mol. The highest BCUT2D eigenvalue weighted by molar-refractivity contribution is 7.99. The van der Waals surface area contributed by atoms with Gasteiger partial charge in [0, 0.05) is 16.3 Å². The van der Waals surface area contributed by atoms with Gasteiger partial charge in [-0.1, -0.05) is 36.0 Å². The zero-order chi connectivity index (χ0) is 12.4. The highest BCUT2D eigenvalue weighted by atomic mass is 32.2. The number of hydrogen-bond donors (Lipinski definition) is 1. The van der Waals surface area contributed by atoms with Crippen molar-refractivity contribution in [3.05, 3.63) is 48.5 Å². The molecule has 0 aromatic heterocycles. The van der Waals surface area contributed by atoms with E-state index < -0.39 is 0 Å². The molecule has 0 saturated heterocycles. The molecule has 1 aliphatic rings. The molecule has 0 spiro atoms. The summed E-state index contributed by atoms with van der Waals surface area (Å²) < 4.78 is 0. The summed E-state index contributed by atoms with van der Waals surface area (Å²) in [6, 6.07) is 16.8. The highest BCUT2D eigenvalue weighted by Crippen LogP contribution is 2.47. The van der Waals surface area contributed by atoms with Gasteiger partial charge in [-0.05, 0) is 24.3 Å². The fourth-order valence-corrected chi connectivity index (χ4v) is 3.26. The van der Waals surface area contributed by atoms with Crippen LogP contribution in [0.2, 0.25) is 0 Å². The van der Waals surface area contributed by atoms with Gasteiger partial charge in [-0.25, -0.2) is 5.90 Å². The SMILES string of the molecule is NOCCN1c2ccccc2Sc2ccccc21. The minimum absolute atomic E-state index is 0.507. The zero-order valence-corrected chi connectivity index (χ0v) is 10.7. The van der Waals surface area contributed by atoms with Crippen molar-refractivity contribution in [2.45, 2.75) is 9.79 Å². The van der Waals surface area contributed by atoms with Gasteiger partial charge in [-0.3, -0.25) is 0 Å². The summed E-state index contributed by atoms with van der Waals surface area (Å²) in [4.78, 5) is 9.53. The van der Waals surface area contributed by atoms with Crippen LogP contribution in [0.25, 0.3) is 0 Å². The van der Waals surface area contributed by atoms with Crippen molar-refractivity contribution in [2.75, 3.05) is 18.1 Å². The third kappa shape index (κ3) is 1.99. The Kier molecular flexibility index (Phi) is 3.23. The second kappa shape index (κ2) is 5.02. The Hall–Kier alpha value is -1.49. The summed E-state index contributed by atoms with van der Waals surface area (Å²) in [6.07, 6.45) is 0. The van der Waals surface area contributed by atoms with Crippen molar-refractivity contribution < 1.29 is 4.84 Å². The first-order valence-electron chi connectivity index (χ1n) is 5.85. The van der Waals surface area contributed by atoms with Crippen LogP contribution in [0.15, 0.2) is 58.3 Å². The first kappa shape index (κ1) is 11.6. The monoisotopic (exact) mass is 258 g/mol. The molecule has 18 heavy (non-hydrogen) atoms. The van der Waals surface area contributed by atoms with Crippen molar-refractivity contribution >= 4 is 23.1 Å². The number of fused-ring (bicyclic) bond motifs is 2. The van der Waals surface area contributed by atoms with Crippen molar-refractivity contribution in [3.63, 3.8) is 0 Å². The Morgan fingerprint density at radius 2 is 1.50 bits per heavy atom. The number of nitrogens with zero attached hydrogens (tertiary/aromatic N) is 1. The lowest BCUT2D eigenvalue weighted by atomic mass is 10.2. The molecule has 0 fully saturated rings. The van der Waals surface area contributed by atoms with Gasteiger partial charge < -0.3 is 9.74 Å². The first-order chi connectivity index (χ1) is 8.90. The number of anilines is 2. The Morgan fingerprint density at radius 1 is 0.944 bits per heavy atom. The Bertz CT molecular complexity index is 513. The average Bonchev–Trinajstić information content (AvgIpc) is 2.43. The largest absolute Gasteiger partial charge is 0.337 e. The molecule has 0 atom stereocenters. The Balaban J connectivity index is 2.05. The van der Waals surface area contributed by atoms with Crippen LogP contribution in [0.1, 0.15) is 0 Å². The lowest BCUT2D eigenvalue weighted by Gasteiger charge is -2.32. The molecule has 92 valence electrons. The van der Waals surface area contributed by atoms with Crippen LogP contribution in [0.4, 0.5) is 11.4 Å². The number of para-hydroxylation sites is 2. The molecule has 2 N–H and O–H groups in total. The predicted octanol–water partition coefficient (Wildman–Crippen LogP) is 3.18. The van der Waals surface area contributed by atoms with Gasteiger partial charge in [0.1, 0.15) is 0 Å². The molecule has 0 bridgehead atoms. The molecule has 0 saturated carbocycles. The maximum absolute atomic E-state index is 5.15. The predicted molar refractivity (Wildman–Crippen MR) is 74.2 cm³/mol. The van der Waals surface area contributed by atoms with E-state index >= 15 is 0 Å². The normalized spacial score (nSPS) is 13.1. The van der Waals surface area contributed by atoms with Gasteiger partial charge in [0.25, 0.3) is 0 Å². The highest BCUT2D eigenvalue weighted by Gasteiger charge is 2.22. The summed E-state index contributed by atoms with van der Waals surface area (Å²) in [5.74, 6) is 5.15. The maximum atomic E-state index is 5.15. The summed E-state index contributed by atoms with van der Waals surface area (Å²) in [5, 5.41) is 0. The summed E-state index contributed by atoms with van der Waals surface area (Å²) in [5.41, 5.74) is 2.44. The number of rotatable bonds is 3. The third-order valence-electron chi connectivity index (χ3n) is 2.96. The van der Waals surface area contributed by atoms with Gasteiger partial charge >= 0.3 is 0 Å². The van der Waals surface area contributed by atoms with E-state index in [0.29, 0.717) is 6.61 Å². The second-order valence-electron chi connectivity index (χ2n) is 4.06. The molecule has 4 heteroatoms. The summed E-state index contributed by atoms with van der Waals surface area (Å²) >= 11 is 1.81. The average molecular weight is 258 g/mol. The minimum Gasteiger partial charge on any atom is -0.337 e. The fraction of sp³-hybridized carbons (Fsp3) is 0.143. The summed E-state index contributed by atoms with van der Waals surface area (Å²) in [7, 11) is 0. The number of nitrogens with two attached hydrogens (primary N) is 1. The standard InChI is InChI=1S/C14H14N2OS/c15-17-10-9-16-11-5-1-3-7-13(11)18-14-8-4-2-6-12(14)16/h1-8H,9-10,15H2. The Morgan fingerprint density at radius 3 is 2.06 bits per heavy atom. The smallest absolute Gasteiger partial charge is 0.0858 e. The van der Waals surface area contributed by atoms with E-state index in [4.69, 9.17) is 10.7 Å². The second-order valence-corrected chi connectivity index (χ2v) is 5.14. The third-order valence-corrected chi connectivity index (χ3v) is 4.10. The lowest BCUT2D eigenvalue weighted by Crippen LogP contribution is -2.26. The van der Waals surface area contributed by atoms with E-state index in [0.717, 1.165) is 6.54 Å². The number of benzene rings is 2. The molecular formula is C14H14N2OS. The van der Waals surface area contributed by atoms with Gasteiger partial charge in [0.05, 0.1) is 18.0 Å². The molecule has 0 amide bonds. The molecule has 3 nitrogen and oxygen atoms in total. The van der Waals surface area contributed by atoms with E-state index in [1.54, 1.807) is 11.8 Å². The van der Waals surface area contributed by atoms with Crippen molar-refractivity contribution in [1.82, 2.24) is 0 Å². The van der Waals surface area contributed by atoms with Crippen molar-refractivity contribution in [3.8, 4) is 0 Å². The zero-order valence-electron chi connectivity index (χ0n) is 9.87. The van der Waals surface area contributed by atoms with E-state index in [2.05, 4.69) is 53.4 Å². The Labute approximate surface area is 111 Å². The quantitative estimate of drug-likeness (QED) is 0.858. The van der Waals surface area contributed by atoms with Crippen LogP contribution < -0.4 is 10.8 Å². The van der Waals surface area contributed by atoms with Crippen LogP contribution in [0.3, 0.4) is 0 Å². The van der Waals surface area contributed by atoms with E-state index in [1.807, 2.05) is 0 Å². The molecule has 1 heterocycles. The first-order valence-corrected chi connectivity index (χ1v) is 6.67. The lowest BCUT2D eigenvalue weighted by molar-refractivity contribution is 0.145. The minimum atomic E-state index is 0.507. The van der Waals surface area contributed by atoms with E-state index in [9.17, 15) is 0 Å². The molecule has 0 aliphatic carbocycles. The van der Waals surface area contributed by atoms with Gasteiger partial charge in [-0.15, -0.1) is 0 Å². The topological polar surface area (TPSA) is 38.5 Å². The van der Waals surface area contributed by atoms with Crippen LogP contribution in [0.5, 0.6) is 0 Å². The van der Waals surface area contributed by atoms with Gasteiger partial charge in [0.15, 0.2) is 0 Å². The van der Waals surface area contributed by atoms with Crippen LogP contribution in [-0.2, 0) is 4.84 Å². The molecule has 2 aromatic carbocycles. The van der Waals surface area contributed by atoms with Crippen LogP contribution in [0, 0.1) is 0 Å². The maximum Gasteiger partial charge on any atom is 0.0858 e. The summed E-state index contributed by atoms with van der Waals surface area (Å²) in [6.45, 7) is 1.26. The van der Waals surface area contributed by atoms with Gasteiger partial charge in [0.2, 0.25) is 0 Å².